The molecule has 0 bridgehead atoms. The van der Waals surface area contributed by atoms with Gasteiger partial charge in [0.1, 0.15) is 11.9 Å². The summed E-state index contributed by atoms with van der Waals surface area (Å²) in [5.41, 5.74) is 0.387. The van der Waals surface area contributed by atoms with Crippen molar-refractivity contribution >= 4 is 23.4 Å². The first-order valence-corrected chi connectivity index (χ1v) is 7.26. The van der Waals surface area contributed by atoms with Crippen LogP contribution in [0.2, 0.25) is 5.28 Å². The van der Waals surface area contributed by atoms with E-state index in [1.807, 2.05) is 0 Å². The van der Waals surface area contributed by atoms with E-state index in [0.29, 0.717) is 12.1 Å². The summed E-state index contributed by atoms with van der Waals surface area (Å²) in [4.78, 5) is 30.1. The second kappa shape index (κ2) is 5.96. The van der Waals surface area contributed by atoms with Gasteiger partial charge in [-0.2, -0.15) is 4.98 Å². The number of aryl methyl sites for hydroxylation is 1. The van der Waals surface area contributed by atoms with E-state index < -0.39 is 17.8 Å². The van der Waals surface area contributed by atoms with E-state index in [4.69, 9.17) is 11.6 Å². The predicted molar refractivity (Wildman–Crippen MR) is 79.2 cm³/mol. The summed E-state index contributed by atoms with van der Waals surface area (Å²) in [6, 6.07) is 4.66. The number of amides is 2. The molecule has 9 heteroatoms. The van der Waals surface area contributed by atoms with Gasteiger partial charge in [-0.25, -0.2) is 9.07 Å². The molecule has 1 aromatic heterocycles. The topological polar surface area (TPSA) is 80.1 Å². The second-order valence-electron chi connectivity index (χ2n) is 5.08. The first-order chi connectivity index (χ1) is 11.0. The third-order valence-corrected chi connectivity index (χ3v) is 3.87. The fraction of sp³-hybridized carbons (Fsp3) is 0.286. The number of rotatable bonds is 2. The molecule has 3 rings (SSSR count). The molecule has 1 aliphatic heterocycles. The van der Waals surface area contributed by atoms with Crippen LogP contribution in [-0.4, -0.2) is 44.6 Å². The Hall–Kier alpha value is -2.48. The highest BCUT2D eigenvalue weighted by atomic mass is 35.5. The van der Waals surface area contributed by atoms with Gasteiger partial charge >= 0.3 is 0 Å². The maximum absolute atomic E-state index is 13.5. The normalized spacial score (nSPS) is 18.0. The summed E-state index contributed by atoms with van der Waals surface area (Å²) in [5, 5.41) is 6.68. The Kier molecular flexibility index (Phi) is 3.99. The number of halogens is 2. The summed E-state index contributed by atoms with van der Waals surface area (Å²) < 4.78 is 14.7. The molecular weight excluding hydrogens is 325 g/mol. The van der Waals surface area contributed by atoms with E-state index in [9.17, 15) is 14.0 Å². The number of piperazine rings is 1. The van der Waals surface area contributed by atoms with Crippen LogP contribution in [-0.2, 0) is 11.8 Å². The van der Waals surface area contributed by atoms with Crippen LogP contribution < -0.4 is 5.32 Å². The lowest BCUT2D eigenvalue weighted by Crippen LogP contribution is -2.52. The fourth-order valence-corrected chi connectivity index (χ4v) is 2.60. The van der Waals surface area contributed by atoms with Crippen LogP contribution in [0.4, 0.5) is 4.39 Å². The molecule has 1 fully saturated rings. The lowest BCUT2D eigenvalue weighted by Gasteiger charge is -2.34. The van der Waals surface area contributed by atoms with Crippen molar-refractivity contribution in [1.29, 1.82) is 0 Å². The molecule has 0 saturated carbocycles. The molecule has 2 aromatic rings. The van der Waals surface area contributed by atoms with Crippen molar-refractivity contribution in [3.8, 4) is 0 Å². The molecule has 2 heterocycles. The average Bonchev–Trinajstić information content (AvgIpc) is 2.85. The fourth-order valence-electron chi connectivity index (χ4n) is 2.48. The Bertz CT molecular complexity index is 759. The zero-order chi connectivity index (χ0) is 16.6. The van der Waals surface area contributed by atoms with Gasteiger partial charge in [0.15, 0.2) is 0 Å². The zero-order valence-corrected chi connectivity index (χ0v) is 12.9. The van der Waals surface area contributed by atoms with E-state index in [1.165, 1.54) is 27.8 Å². The predicted octanol–water partition coefficient (Wildman–Crippen LogP) is 0.921. The van der Waals surface area contributed by atoms with E-state index in [0.717, 1.165) is 0 Å². The van der Waals surface area contributed by atoms with Crippen molar-refractivity contribution in [2.45, 2.75) is 6.04 Å². The smallest absolute Gasteiger partial charge is 0.294 e. The van der Waals surface area contributed by atoms with Gasteiger partial charge in [-0.3, -0.25) is 9.59 Å². The van der Waals surface area contributed by atoms with Crippen LogP contribution in [0.3, 0.4) is 0 Å². The van der Waals surface area contributed by atoms with Crippen molar-refractivity contribution in [3.05, 3.63) is 46.8 Å². The van der Waals surface area contributed by atoms with Crippen molar-refractivity contribution in [3.63, 3.8) is 0 Å². The highest BCUT2D eigenvalue weighted by Gasteiger charge is 2.36. The van der Waals surface area contributed by atoms with E-state index in [1.54, 1.807) is 13.1 Å². The van der Waals surface area contributed by atoms with E-state index in [-0.39, 0.29) is 23.6 Å². The van der Waals surface area contributed by atoms with Gasteiger partial charge in [-0.15, -0.1) is 5.10 Å². The largest absolute Gasteiger partial charge is 0.352 e. The maximum atomic E-state index is 13.5. The second-order valence-corrected chi connectivity index (χ2v) is 5.41. The number of carbonyl (C=O) groups excluding carboxylic acids is 2. The third-order valence-electron chi connectivity index (χ3n) is 3.54. The molecule has 120 valence electrons. The highest BCUT2D eigenvalue weighted by molar-refractivity contribution is 6.28. The molecule has 1 atom stereocenters. The maximum Gasteiger partial charge on any atom is 0.294 e. The molecule has 1 saturated heterocycles. The van der Waals surface area contributed by atoms with Gasteiger partial charge in [-0.1, -0.05) is 12.1 Å². The summed E-state index contributed by atoms with van der Waals surface area (Å²) in [7, 11) is 1.55. The van der Waals surface area contributed by atoms with Crippen molar-refractivity contribution in [1.82, 2.24) is 25.0 Å². The molecule has 0 spiro atoms. The molecule has 1 aliphatic rings. The highest BCUT2D eigenvalue weighted by Crippen LogP contribution is 2.25. The Labute approximate surface area is 136 Å². The number of nitrogens with one attached hydrogen (secondary N) is 1. The number of hydrogen-bond acceptors (Lipinski definition) is 4. The van der Waals surface area contributed by atoms with Gasteiger partial charge < -0.3 is 10.2 Å². The van der Waals surface area contributed by atoms with Gasteiger partial charge in [-0.05, 0) is 29.3 Å². The third kappa shape index (κ3) is 2.89. The number of hydrogen-bond donors (Lipinski definition) is 1. The molecule has 1 aromatic carbocycles. The van der Waals surface area contributed by atoms with Gasteiger partial charge in [0.2, 0.25) is 17.0 Å². The molecule has 0 aliphatic carbocycles. The minimum atomic E-state index is -0.936. The summed E-state index contributed by atoms with van der Waals surface area (Å²) >= 11 is 5.80. The van der Waals surface area contributed by atoms with Gasteiger partial charge in [0.05, 0.1) is 0 Å². The van der Waals surface area contributed by atoms with Crippen LogP contribution in [0.1, 0.15) is 22.2 Å². The van der Waals surface area contributed by atoms with Crippen LogP contribution >= 0.6 is 11.6 Å². The molecule has 2 amide bonds. The Morgan fingerprint density at radius 1 is 1.48 bits per heavy atom. The number of benzene rings is 1. The quantitative estimate of drug-likeness (QED) is 0.883. The molecule has 0 radical (unpaired) electrons. The minimum Gasteiger partial charge on any atom is -0.352 e. The van der Waals surface area contributed by atoms with Crippen molar-refractivity contribution in [2.24, 2.45) is 7.05 Å². The summed E-state index contributed by atoms with van der Waals surface area (Å²) in [6.45, 7) is 0.568. The number of carbonyl (C=O) groups is 2. The van der Waals surface area contributed by atoms with Crippen LogP contribution in [0, 0.1) is 5.82 Å². The standard InChI is InChI=1S/C14H13ClFN5O2/c1-20-14(15)18-11(19-20)13(23)21-6-5-17-12(22)10(21)8-3-2-4-9(16)7-8/h2-4,7,10H,5-6H2,1H3,(H,17,22). The Balaban J connectivity index is 1.97. The molecular formula is C14H13ClFN5O2. The first-order valence-electron chi connectivity index (χ1n) is 6.88. The average molecular weight is 338 g/mol. The number of aromatic nitrogens is 3. The number of nitrogens with zero attached hydrogens (tertiary/aromatic N) is 4. The minimum absolute atomic E-state index is 0.0668. The molecule has 7 nitrogen and oxygen atoms in total. The SMILES string of the molecule is Cn1nc(C(=O)N2CCNC(=O)C2c2cccc(F)c2)nc1Cl. The van der Waals surface area contributed by atoms with Crippen LogP contribution in [0.15, 0.2) is 24.3 Å². The van der Waals surface area contributed by atoms with E-state index >= 15 is 0 Å². The summed E-state index contributed by atoms with van der Waals surface area (Å²) in [5.74, 6) is -1.49. The Morgan fingerprint density at radius 3 is 2.91 bits per heavy atom. The van der Waals surface area contributed by atoms with Gasteiger partial charge in [0, 0.05) is 20.1 Å². The molecule has 1 N–H and O–H groups in total. The zero-order valence-electron chi connectivity index (χ0n) is 12.2. The first kappa shape index (κ1) is 15.4. The molecule has 1 unspecified atom stereocenters. The Morgan fingerprint density at radius 2 is 2.26 bits per heavy atom. The summed E-state index contributed by atoms with van der Waals surface area (Å²) in [6.07, 6.45) is 0. The molecule has 23 heavy (non-hydrogen) atoms. The monoisotopic (exact) mass is 337 g/mol. The van der Waals surface area contributed by atoms with Crippen molar-refractivity contribution < 1.29 is 14.0 Å². The lowest BCUT2D eigenvalue weighted by atomic mass is 10.0. The lowest BCUT2D eigenvalue weighted by molar-refractivity contribution is -0.128. The van der Waals surface area contributed by atoms with E-state index in [2.05, 4.69) is 15.4 Å². The van der Waals surface area contributed by atoms with Gasteiger partial charge in [0.25, 0.3) is 5.91 Å². The van der Waals surface area contributed by atoms with Crippen LogP contribution in [0.5, 0.6) is 0 Å². The van der Waals surface area contributed by atoms with Crippen molar-refractivity contribution in [2.75, 3.05) is 13.1 Å². The van der Waals surface area contributed by atoms with Crippen LogP contribution in [0.25, 0.3) is 0 Å².